The molecule has 0 fully saturated rings. The van der Waals surface area contributed by atoms with Crippen LogP contribution in [0, 0.1) is 6.92 Å². The molecule has 0 radical (unpaired) electrons. The van der Waals surface area contributed by atoms with Crippen molar-refractivity contribution in [1.29, 1.82) is 0 Å². The maximum absolute atomic E-state index is 11.9. The summed E-state index contributed by atoms with van der Waals surface area (Å²) in [5.41, 5.74) is 3.20. The van der Waals surface area contributed by atoms with E-state index in [1.165, 1.54) is 6.07 Å². The highest BCUT2D eigenvalue weighted by Gasteiger charge is 2.11. The van der Waals surface area contributed by atoms with Gasteiger partial charge in [-0.3, -0.25) is 9.48 Å². The van der Waals surface area contributed by atoms with E-state index in [0.717, 1.165) is 16.8 Å². The number of hydrogen-bond acceptors (Lipinski definition) is 3. The molecule has 5 nitrogen and oxygen atoms in total. The van der Waals surface area contributed by atoms with Crippen LogP contribution in [0.25, 0.3) is 22.6 Å². The molecule has 0 aliphatic carbocycles. The van der Waals surface area contributed by atoms with Gasteiger partial charge in [-0.2, -0.15) is 5.10 Å². The number of aromatic amines is 1. The van der Waals surface area contributed by atoms with Gasteiger partial charge in [0, 0.05) is 24.4 Å². The van der Waals surface area contributed by atoms with Crippen molar-refractivity contribution in [3.63, 3.8) is 0 Å². The Morgan fingerprint density at radius 2 is 1.95 bits per heavy atom. The molecule has 20 heavy (non-hydrogen) atoms. The smallest absolute Gasteiger partial charge is 0.251 e. The zero-order valence-electron chi connectivity index (χ0n) is 11.3. The fraction of sp³-hybridized carbons (Fsp3) is 0.133. The van der Waals surface area contributed by atoms with Crippen LogP contribution in [0.3, 0.4) is 0 Å². The summed E-state index contributed by atoms with van der Waals surface area (Å²) in [6, 6.07) is 11.1. The Morgan fingerprint density at radius 3 is 2.60 bits per heavy atom. The van der Waals surface area contributed by atoms with Gasteiger partial charge in [-0.25, -0.2) is 4.98 Å². The van der Waals surface area contributed by atoms with Crippen molar-refractivity contribution in [2.75, 3.05) is 0 Å². The van der Waals surface area contributed by atoms with Crippen LogP contribution in [0.4, 0.5) is 0 Å². The molecule has 2 aromatic heterocycles. The van der Waals surface area contributed by atoms with E-state index < -0.39 is 0 Å². The molecular weight excluding hydrogens is 252 g/mol. The first kappa shape index (κ1) is 12.3. The summed E-state index contributed by atoms with van der Waals surface area (Å²) in [4.78, 5) is 19.2. The Labute approximate surface area is 115 Å². The van der Waals surface area contributed by atoms with Crippen molar-refractivity contribution in [3.05, 3.63) is 58.6 Å². The minimum absolute atomic E-state index is 0.169. The Morgan fingerprint density at radius 1 is 1.20 bits per heavy atom. The summed E-state index contributed by atoms with van der Waals surface area (Å²) in [7, 11) is 1.86. The first-order chi connectivity index (χ1) is 9.65. The van der Waals surface area contributed by atoms with Gasteiger partial charge in [0.25, 0.3) is 5.56 Å². The molecule has 0 spiro atoms. The monoisotopic (exact) mass is 266 g/mol. The lowest BCUT2D eigenvalue weighted by Crippen LogP contribution is -2.09. The number of nitrogens with one attached hydrogen (secondary N) is 1. The van der Waals surface area contributed by atoms with E-state index in [-0.39, 0.29) is 5.56 Å². The third-order valence-electron chi connectivity index (χ3n) is 3.30. The van der Waals surface area contributed by atoms with Gasteiger partial charge in [-0.1, -0.05) is 30.3 Å². The standard InChI is InChI=1S/C15H14N4O/c1-10-12(9-16-19(10)2)15-17-13(8-14(20)18-15)11-6-4-3-5-7-11/h3-9H,1-2H3,(H,17,18,20). The zero-order valence-corrected chi connectivity index (χ0v) is 11.3. The van der Waals surface area contributed by atoms with Crippen molar-refractivity contribution in [1.82, 2.24) is 19.7 Å². The number of rotatable bonds is 2. The molecular formula is C15H14N4O. The molecule has 0 unspecified atom stereocenters. The topological polar surface area (TPSA) is 63.6 Å². The van der Waals surface area contributed by atoms with Gasteiger partial charge in [-0.15, -0.1) is 0 Å². The van der Waals surface area contributed by atoms with Crippen molar-refractivity contribution in [3.8, 4) is 22.6 Å². The molecule has 0 aliphatic rings. The van der Waals surface area contributed by atoms with Gasteiger partial charge in [0.15, 0.2) is 0 Å². The SMILES string of the molecule is Cc1c(-c2nc(-c3ccccc3)cc(=O)[nH]2)cnn1C. The molecule has 0 amide bonds. The summed E-state index contributed by atoms with van der Waals surface area (Å²) in [6.07, 6.45) is 1.71. The van der Waals surface area contributed by atoms with Crippen LogP contribution >= 0.6 is 0 Å². The van der Waals surface area contributed by atoms with Gasteiger partial charge < -0.3 is 4.98 Å². The molecule has 0 bridgehead atoms. The van der Waals surface area contributed by atoms with Crippen molar-refractivity contribution in [2.45, 2.75) is 6.92 Å². The van der Waals surface area contributed by atoms with Gasteiger partial charge in [0.1, 0.15) is 5.82 Å². The van der Waals surface area contributed by atoms with E-state index in [9.17, 15) is 4.79 Å². The van der Waals surface area contributed by atoms with Crippen molar-refractivity contribution < 1.29 is 0 Å². The second-order valence-corrected chi connectivity index (χ2v) is 4.61. The molecule has 5 heteroatoms. The molecule has 1 N–H and O–H groups in total. The Bertz CT molecular complexity index is 802. The highest BCUT2D eigenvalue weighted by molar-refractivity contribution is 5.63. The molecule has 3 rings (SSSR count). The van der Waals surface area contributed by atoms with E-state index in [4.69, 9.17) is 0 Å². The largest absolute Gasteiger partial charge is 0.306 e. The molecule has 0 saturated heterocycles. The van der Waals surface area contributed by atoms with Gasteiger partial charge in [0.05, 0.1) is 17.5 Å². The maximum atomic E-state index is 11.9. The Kier molecular flexibility index (Phi) is 2.95. The predicted molar refractivity (Wildman–Crippen MR) is 77.2 cm³/mol. The first-order valence-electron chi connectivity index (χ1n) is 6.31. The number of aromatic nitrogens is 4. The highest BCUT2D eigenvalue weighted by Crippen LogP contribution is 2.21. The van der Waals surface area contributed by atoms with Crippen LogP contribution in [0.2, 0.25) is 0 Å². The molecule has 0 aliphatic heterocycles. The minimum atomic E-state index is -0.169. The van der Waals surface area contributed by atoms with Crippen LogP contribution in [0.15, 0.2) is 47.4 Å². The summed E-state index contributed by atoms with van der Waals surface area (Å²) >= 11 is 0. The van der Waals surface area contributed by atoms with E-state index in [1.807, 2.05) is 44.3 Å². The van der Waals surface area contributed by atoms with Crippen LogP contribution in [-0.2, 0) is 7.05 Å². The maximum Gasteiger partial charge on any atom is 0.251 e. The van der Waals surface area contributed by atoms with Crippen LogP contribution in [-0.4, -0.2) is 19.7 Å². The highest BCUT2D eigenvalue weighted by atomic mass is 16.1. The summed E-state index contributed by atoms with van der Waals surface area (Å²) in [5, 5.41) is 4.18. The number of nitrogens with zero attached hydrogens (tertiary/aromatic N) is 3. The fourth-order valence-corrected chi connectivity index (χ4v) is 2.07. The lowest BCUT2D eigenvalue weighted by atomic mass is 10.1. The van der Waals surface area contributed by atoms with E-state index >= 15 is 0 Å². The molecule has 1 aromatic carbocycles. The quantitative estimate of drug-likeness (QED) is 0.773. The minimum Gasteiger partial charge on any atom is -0.306 e. The average molecular weight is 266 g/mol. The van der Waals surface area contributed by atoms with E-state index in [2.05, 4.69) is 15.1 Å². The van der Waals surface area contributed by atoms with Gasteiger partial charge >= 0.3 is 0 Å². The number of benzene rings is 1. The third kappa shape index (κ3) is 2.14. The first-order valence-corrected chi connectivity index (χ1v) is 6.31. The molecule has 0 atom stereocenters. The number of aryl methyl sites for hydroxylation is 1. The lowest BCUT2D eigenvalue weighted by Gasteiger charge is -2.04. The summed E-state index contributed by atoms with van der Waals surface area (Å²) in [5.74, 6) is 0.543. The van der Waals surface area contributed by atoms with E-state index in [0.29, 0.717) is 11.5 Å². The number of hydrogen-bond donors (Lipinski definition) is 1. The molecule has 100 valence electrons. The molecule has 2 heterocycles. The van der Waals surface area contributed by atoms with Gasteiger partial charge in [0.2, 0.25) is 0 Å². The predicted octanol–water partition coefficient (Wildman–Crippen LogP) is 2.15. The van der Waals surface area contributed by atoms with Crippen LogP contribution < -0.4 is 5.56 Å². The van der Waals surface area contributed by atoms with Crippen molar-refractivity contribution in [2.24, 2.45) is 7.05 Å². The average Bonchev–Trinajstić information content (AvgIpc) is 2.79. The molecule has 0 saturated carbocycles. The van der Waals surface area contributed by atoms with Crippen molar-refractivity contribution >= 4 is 0 Å². The second kappa shape index (κ2) is 4.77. The Hall–Kier alpha value is -2.69. The Balaban J connectivity index is 2.17. The third-order valence-corrected chi connectivity index (χ3v) is 3.30. The normalized spacial score (nSPS) is 10.7. The van der Waals surface area contributed by atoms with Crippen LogP contribution in [0.5, 0.6) is 0 Å². The lowest BCUT2D eigenvalue weighted by molar-refractivity contribution is 0.740. The van der Waals surface area contributed by atoms with Crippen LogP contribution in [0.1, 0.15) is 5.69 Å². The second-order valence-electron chi connectivity index (χ2n) is 4.61. The van der Waals surface area contributed by atoms with Gasteiger partial charge in [-0.05, 0) is 6.92 Å². The summed E-state index contributed by atoms with van der Waals surface area (Å²) < 4.78 is 1.75. The summed E-state index contributed by atoms with van der Waals surface area (Å²) in [6.45, 7) is 1.94. The molecule has 3 aromatic rings. The van der Waals surface area contributed by atoms with E-state index in [1.54, 1.807) is 10.9 Å². The number of H-pyrrole nitrogens is 1. The zero-order chi connectivity index (χ0) is 14.1. The fourth-order valence-electron chi connectivity index (χ4n) is 2.07.